The zero-order chi connectivity index (χ0) is 11.7. The average Bonchev–Trinajstić information content (AvgIpc) is 2.76. The zero-order valence-corrected chi connectivity index (χ0v) is 9.58. The normalized spacial score (nSPS) is 21.2. The molecule has 0 aliphatic carbocycles. The second kappa shape index (κ2) is 4.13. The fourth-order valence-electron chi connectivity index (χ4n) is 1.92. The van der Waals surface area contributed by atoms with E-state index in [4.69, 9.17) is 5.73 Å². The first kappa shape index (κ1) is 10.9. The van der Waals surface area contributed by atoms with Crippen molar-refractivity contribution in [2.24, 2.45) is 0 Å². The second-order valence-corrected chi connectivity index (χ2v) is 4.33. The number of nitrogen functional groups attached to an aromatic ring is 1. The molecule has 1 aromatic rings. The minimum absolute atomic E-state index is 0.192. The first-order valence-electron chi connectivity index (χ1n) is 5.37. The SMILES string of the molecule is Cc1[nH]nc(C(=O)NC2CCN(C)C2)c1N. The number of anilines is 1. The number of nitrogens with two attached hydrogens (primary N) is 1. The maximum atomic E-state index is 11.8. The Bertz CT molecular complexity index is 400. The molecule has 16 heavy (non-hydrogen) atoms. The smallest absolute Gasteiger partial charge is 0.274 e. The van der Waals surface area contributed by atoms with Crippen LogP contribution < -0.4 is 11.1 Å². The van der Waals surface area contributed by atoms with Crippen LogP contribution in [0.3, 0.4) is 0 Å². The summed E-state index contributed by atoms with van der Waals surface area (Å²) in [5.41, 5.74) is 7.20. The highest BCUT2D eigenvalue weighted by atomic mass is 16.2. The van der Waals surface area contributed by atoms with Crippen LogP contribution >= 0.6 is 0 Å². The van der Waals surface area contributed by atoms with Crippen molar-refractivity contribution in [1.82, 2.24) is 20.4 Å². The minimum atomic E-state index is -0.192. The van der Waals surface area contributed by atoms with Crippen molar-refractivity contribution in [3.8, 4) is 0 Å². The lowest BCUT2D eigenvalue weighted by Crippen LogP contribution is -2.37. The van der Waals surface area contributed by atoms with Crippen LogP contribution in [0.25, 0.3) is 0 Å². The second-order valence-electron chi connectivity index (χ2n) is 4.33. The fraction of sp³-hybridized carbons (Fsp3) is 0.600. The molecule has 4 N–H and O–H groups in total. The van der Waals surface area contributed by atoms with E-state index in [0.29, 0.717) is 11.4 Å². The van der Waals surface area contributed by atoms with Gasteiger partial charge in [0.15, 0.2) is 5.69 Å². The molecular formula is C10H17N5O. The Balaban J connectivity index is 2.01. The summed E-state index contributed by atoms with van der Waals surface area (Å²) in [6.07, 6.45) is 0.978. The monoisotopic (exact) mass is 223 g/mol. The minimum Gasteiger partial charge on any atom is -0.395 e. The number of likely N-dealkylation sites (N-methyl/N-ethyl adjacent to an activating group) is 1. The molecule has 1 amide bonds. The zero-order valence-electron chi connectivity index (χ0n) is 9.58. The molecule has 0 aromatic carbocycles. The molecule has 0 saturated carbocycles. The molecule has 2 rings (SSSR count). The Labute approximate surface area is 94.2 Å². The van der Waals surface area contributed by atoms with Crippen LogP contribution in [0.15, 0.2) is 0 Å². The van der Waals surface area contributed by atoms with E-state index in [1.54, 1.807) is 6.92 Å². The third-order valence-electron chi connectivity index (χ3n) is 2.94. The molecule has 1 aliphatic rings. The van der Waals surface area contributed by atoms with Crippen LogP contribution in [0.4, 0.5) is 5.69 Å². The molecule has 1 atom stereocenters. The summed E-state index contributed by atoms with van der Waals surface area (Å²) in [5.74, 6) is -0.192. The van der Waals surface area contributed by atoms with E-state index in [-0.39, 0.29) is 11.9 Å². The van der Waals surface area contributed by atoms with Crippen LogP contribution in [-0.4, -0.2) is 47.2 Å². The average molecular weight is 223 g/mol. The predicted octanol–water partition coefficient (Wildman–Crippen LogP) is -0.266. The number of aromatic amines is 1. The molecule has 0 radical (unpaired) electrons. The number of hydrogen-bond donors (Lipinski definition) is 3. The molecule has 6 nitrogen and oxygen atoms in total. The lowest BCUT2D eigenvalue weighted by molar-refractivity contribution is 0.0934. The summed E-state index contributed by atoms with van der Waals surface area (Å²) in [4.78, 5) is 14.0. The number of aryl methyl sites for hydroxylation is 1. The van der Waals surface area contributed by atoms with Gasteiger partial charge in [-0.25, -0.2) is 0 Å². The third-order valence-corrected chi connectivity index (χ3v) is 2.94. The molecule has 0 bridgehead atoms. The number of likely N-dealkylation sites (tertiary alicyclic amines) is 1. The molecule has 0 spiro atoms. The van der Waals surface area contributed by atoms with E-state index in [0.717, 1.165) is 25.2 Å². The summed E-state index contributed by atoms with van der Waals surface area (Å²) in [6.45, 7) is 3.69. The van der Waals surface area contributed by atoms with Crippen molar-refractivity contribution in [1.29, 1.82) is 0 Å². The molecular weight excluding hydrogens is 206 g/mol. The van der Waals surface area contributed by atoms with Gasteiger partial charge in [0.2, 0.25) is 0 Å². The number of aromatic nitrogens is 2. The molecule has 1 aromatic heterocycles. The van der Waals surface area contributed by atoms with Gasteiger partial charge >= 0.3 is 0 Å². The molecule has 88 valence electrons. The summed E-state index contributed by atoms with van der Waals surface area (Å²) >= 11 is 0. The first-order chi connectivity index (χ1) is 7.58. The van der Waals surface area contributed by atoms with Crippen LogP contribution in [-0.2, 0) is 0 Å². The van der Waals surface area contributed by atoms with E-state index < -0.39 is 0 Å². The van der Waals surface area contributed by atoms with E-state index >= 15 is 0 Å². The quantitative estimate of drug-likeness (QED) is 0.644. The number of carbonyl (C=O) groups excluding carboxylic acids is 1. The van der Waals surface area contributed by atoms with E-state index in [9.17, 15) is 4.79 Å². The molecule has 2 heterocycles. The van der Waals surface area contributed by atoms with Crippen molar-refractivity contribution in [2.75, 3.05) is 25.9 Å². The van der Waals surface area contributed by atoms with Crippen LogP contribution in [0, 0.1) is 6.92 Å². The number of hydrogen-bond acceptors (Lipinski definition) is 4. The molecule has 1 fully saturated rings. The van der Waals surface area contributed by atoms with Gasteiger partial charge in [-0.15, -0.1) is 0 Å². The van der Waals surface area contributed by atoms with Gasteiger partial charge in [-0.1, -0.05) is 0 Å². The topological polar surface area (TPSA) is 87.0 Å². The van der Waals surface area contributed by atoms with Crippen LogP contribution in [0.1, 0.15) is 22.6 Å². The number of nitrogens with zero attached hydrogens (tertiary/aromatic N) is 2. The number of rotatable bonds is 2. The Morgan fingerprint density at radius 3 is 2.94 bits per heavy atom. The molecule has 1 aliphatic heterocycles. The van der Waals surface area contributed by atoms with E-state index in [1.807, 2.05) is 7.05 Å². The fourth-order valence-corrected chi connectivity index (χ4v) is 1.92. The number of amides is 1. The largest absolute Gasteiger partial charge is 0.395 e. The highest BCUT2D eigenvalue weighted by molar-refractivity contribution is 5.97. The Morgan fingerprint density at radius 2 is 2.44 bits per heavy atom. The van der Waals surface area contributed by atoms with Gasteiger partial charge in [-0.05, 0) is 26.9 Å². The van der Waals surface area contributed by atoms with Crippen molar-refractivity contribution in [3.05, 3.63) is 11.4 Å². The summed E-state index contributed by atoms with van der Waals surface area (Å²) in [7, 11) is 2.04. The van der Waals surface area contributed by atoms with Crippen molar-refractivity contribution in [3.63, 3.8) is 0 Å². The maximum absolute atomic E-state index is 11.8. The van der Waals surface area contributed by atoms with Crippen molar-refractivity contribution >= 4 is 11.6 Å². The van der Waals surface area contributed by atoms with Gasteiger partial charge in [0.1, 0.15) is 0 Å². The van der Waals surface area contributed by atoms with Crippen LogP contribution in [0.2, 0.25) is 0 Å². The highest BCUT2D eigenvalue weighted by Gasteiger charge is 2.23. The van der Waals surface area contributed by atoms with Crippen LogP contribution in [0.5, 0.6) is 0 Å². The van der Waals surface area contributed by atoms with Gasteiger partial charge < -0.3 is 16.0 Å². The lowest BCUT2D eigenvalue weighted by Gasteiger charge is -2.11. The van der Waals surface area contributed by atoms with Gasteiger partial charge in [-0.3, -0.25) is 9.89 Å². The third kappa shape index (κ3) is 2.01. The van der Waals surface area contributed by atoms with Crippen molar-refractivity contribution < 1.29 is 4.79 Å². The predicted molar refractivity (Wildman–Crippen MR) is 61.1 cm³/mol. The van der Waals surface area contributed by atoms with Gasteiger partial charge in [-0.2, -0.15) is 5.10 Å². The van der Waals surface area contributed by atoms with Gasteiger partial charge in [0.25, 0.3) is 5.91 Å². The Hall–Kier alpha value is -1.56. The van der Waals surface area contributed by atoms with E-state index in [2.05, 4.69) is 20.4 Å². The number of carbonyl (C=O) groups is 1. The maximum Gasteiger partial charge on any atom is 0.274 e. The standard InChI is InChI=1S/C10H17N5O/c1-6-8(11)9(14-13-6)10(16)12-7-3-4-15(2)5-7/h7H,3-5,11H2,1-2H3,(H,12,16)(H,13,14). The van der Waals surface area contributed by atoms with Gasteiger partial charge in [0.05, 0.1) is 11.4 Å². The number of H-pyrrole nitrogens is 1. The number of nitrogens with one attached hydrogen (secondary N) is 2. The summed E-state index contributed by atoms with van der Waals surface area (Å²) in [5, 5.41) is 9.54. The van der Waals surface area contributed by atoms with Gasteiger partial charge in [0, 0.05) is 12.6 Å². The first-order valence-corrected chi connectivity index (χ1v) is 5.37. The Morgan fingerprint density at radius 1 is 1.69 bits per heavy atom. The Kier molecular flexibility index (Phi) is 2.82. The molecule has 1 saturated heterocycles. The summed E-state index contributed by atoms with van der Waals surface area (Å²) in [6, 6.07) is 0.203. The highest BCUT2D eigenvalue weighted by Crippen LogP contribution is 2.13. The molecule has 1 unspecified atom stereocenters. The summed E-state index contributed by atoms with van der Waals surface area (Å²) < 4.78 is 0. The lowest BCUT2D eigenvalue weighted by atomic mass is 10.2. The molecule has 6 heteroatoms. The van der Waals surface area contributed by atoms with Crippen molar-refractivity contribution in [2.45, 2.75) is 19.4 Å². The van der Waals surface area contributed by atoms with E-state index in [1.165, 1.54) is 0 Å².